The molecule has 0 aliphatic rings. The molecule has 0 fully saturated rings. The highest BCUT2D eigenvalue weighted by atomic mass is 79.9. The first kappa shape index (κ1) is 16.0. The minimum absolute atomic E-state index is 0.579. The highest BCUT2D eigenvalue weighted by molar-refractivity contribution is 9.10. The smallest absolute Gasteiger partial charge is 0.161 e. The number of thioether (sulfide) groups is 1. The van der Waals surface area contributed by atoms with E-state index in [9.17, 15) is 0 Å². The first-order chi connectivity index (χ1) is 11.3. The lowest BCUT2D eigenvalue weighted by molar-refractivity contribution is 0.977. The van der Waals surface area contributed by atoms with Gasteiger partial charge in [0.1, 0.15) is 5.03 Å². The van der Waals surface area contributed by atoms with Crippen LogP contribution in [-0.4, -0.2) is 15.7 Å². The van der Waals surface area contributed by atoms with Gasteiger partial charge in [0.05, 0.1) is 11.6 Å². The number of aromatic nitrogens is 2. The van der Waals surface area contributed by atoms with E-state index in [1.807, 2.05) is 48.5 Å². The molecule has 0 atom stereocenters. The zero-order valence-electron chi connectivity index (χ0n) is 12.4. The van der Waals surface area contributed by atoms with Crippen LogP contribution in [0.25, 0.3) is 22.3 Å². The van der Waals surface area contributed by atoms with Crippen LogP contribution in [0.2, 0.25) is 0 Å². The van der Waals surface area contributed by atoms with Crippen molar-refractivity contribution in [2.75, 3.05) is 5.75 Å². The topological polar surface area (TPSA) is 49.6 Å². The van der Waals surface area contributed by atoms with Gasteiger partial charge >= 0.3 is 0 Å². The maximum atomic E-state index is 8.66. The van der Waals surface area contributed by atoms with Crippen molar-refractivity contribution in [3.05, 3.63) is 53.0 Å². The molecule has 2 aromatic carbocycles. The number of nitriles is 1. The number of hydrogen-bond acceptors (Lipinski definition) is 4. The van der Waals surface area contributed by atoms with E-state index < -0.39 is 0 Å². The Hall–Kier alpha value is -1.90. The van der Waals surface area contributed by atoms with Gasteiger partial charge in [-0.3, -0.25) is 0 Å². The van der Waals surface area contributed by atoms with E-state index in [2.05, 4.69) is 27.0 Å². The van der Waals surface area contributed by atoms with E-state index in [0.717, 1.165) is 44.0 Å². The van der Waals surface area contributed by atoms with Crippen LogP contribution in [-0.2, 0) is 0 Å². The average molecular weight is 384 g/mol. The number of para-hydroxylation sites is 1. The molecule has 0 bridgehead atoms. The molecule has 0 saturated heterocycles. The lowest BCUT2D eigenvalue weighted by Gasteiger charge is -2.08. The lowest BCUT2D eigenvalue weighted by Crippen LogP contribution is -1.94. The third-order valence-corrected chi connectivity index (χ3v) is 4.95. The van der Waals surface area contributed by atoms with Crippen molar-refractivity contribution in [2.24, 2.45) is 0 Å². The molecule has 3 aromatic rings. The number of halogens is 1. The Labute approximate surface area is 147 Å². The number of fused-ring (bicyclic) bond motifs is 1. The molecule has 0 unspecified atom stereocenters. The molecule has 1 heterocycles. The average Bonchev–Trinajstić information content (AvgIpc) is 2.59. The molecule has 0 radical (unpaired) electrons. The highest BCUT2D eigenvalue weighted by Gasteiger charge is 2.09. The predicted octanol–water partition coefficient (Wildman–Crippen LogP) is 5.46. The Morgan fingerprint density at radius 3 is 2.61 bits per heavy atom. The number of hydrogen-bond donors (Lipinski definition) is 0. The van der Waals surface area contributed by atoms with Crippen molar-refractivity contribution in [3.63, 3.8) is 0 Å². The molecule has 114 valence electrons. The summed E-state index contributed by atoms with van der Waals surface area (Å²) < 4.78 is 1.04. The van der Waals surface area contributed by atoms with Gasteiger partial charge in [-0.25, -0.2) is 9.97 Å². The molecule has 0 saturated carbocycles. The van der Waals surface area contributed by atoms with Crippen LogP contribution < -0.4 is 0 Å². The Morgan fingerprint density at radius 2 is 1.83 bits per heavy atom. The van der Waals surface area contributed by atoms with E-state index in [-0.39, 0.29) is 0 Å². The number of rotatable bonds is 5. The lowest BCUT2D eigenvalue weighted by atomic mass is 10.2. The molecule has 0 N–H and O–H groups in total. The molecule has 0 aliphatic heterocycles. The Morgan fingerprint density at radius 1 is 1.04 bits per heavy atom. The van der Waals surface area contributed by atoms with Crippen molar-refractivity contribution < 1.29 is 0 Å². The number of unbranched alkanes of at least 4 members (excludes halogenated alkanes) is 1. The second kappa shape index (κ2) is 7.58. The fraction of sp³-hybridized carbons (Fsp3) is 0.167. The van der Waals surface area contributed by atoms with Crippen molar-refractivity contribution in [1.82, 2.24) is 9.97 Å². The van der Waals surface area contributed by atoms with Crippen molar-refractivity contribution >= 4 is 38.6 Å². The highest BCUT2D eigenvalue weighted by Crippen LogP contribution is 2.29. The maximum absolute atomic E-state index is 8.66. The summed E-state index contributed by atoms with van der Waals surface area (Å²) in [4.78, 5) is 9.44. The molecule has 1 aromatic heterocycles. The second-order valence-corrected chi connectivity index (χ2v) is 6.99. The summed E-state index contributed by atoms with van der Waals surface area (Å²) in [5.41, 5.74) is 1.95. The van der Waals surface area contributed by atoms with E-state index in [1.165, 1.54) is 0 Å². The Kier molecular flexibility index (Phi) is 5.27. The normalized spacial score (nSPS) is 10.6. The predicted molar refractivity (Wildman–Crippen MR) is 98.2 cm³/mol. The SMILES string of the molecule is N#CCCCSc1nc(-c2ccc(Br)cc2)nc2ccccc12. The molecule has 23 heavy (non-hydrogen) atoms. The van der Waals surface area contributed by atoms with Gasteiger partial charge < -0.3 is 0 Å². The van der Waals surface area contributed by atoms with E-state index in [4.69, 9.17) is 10.2 Å². The molecule has 3 rings (SSSR count). The van der Waals surface area contributed by atoms with E-state index in [0.29, 0.717) is 6.42 Å². The van der Waals surface area contributed by atoms with Crippen LogP contribution in [0.1, 0.15) is 12.8 Å². The minimum Gasteiger partial charge on any atom is -0.228 e. The minimum atomic E-state index is 0.579. The molecule has 0 aliphatic carbocycles. The standard InChI is InChI=1S/C18H14BrN3S/c19-14-9-7-13(8-10-14)17-21-16-6-2-1-5-15(16)18(22-17)23-12-4-3-11-20/h1-2,5-10H,3-4,12H2. The van der Waals surface area contributed by atoms with Crippen LogP contribution in [0.15, 0.2) is 58.0 Å². The largest absolute Gasteiger partial charge is 0.228 e. The second-order valence-electron chi connectivity index (χ2n) is 4.99. The summed E-state index contributed by atoms with van der Waals surface area (Å²) in [5.74, 6) is 1.62. The zero-order valence-corrected chi connectivity index (χ0v) is 14.8. The van der Waals surface area contributed by atoms with Gasteiger partial charge in [-0.2, -0.15) is 5.26 Å². The van der Waals surface area contributed by atoms with Gasteiger partial charge in [-0.05, 0) is 24.6 Å². The third-order valence-electron chi connectivity index (χ3n) is 3.34. The monoisotopic (exact) mass is 383 g/mol. The van der Waals surface area contributed by atoms with Gasteiger partial charge in [0, 0.05) is 27.6 Å². The van der Waals surface area contributed by atoms with Crippen molar-refractivity contribution in [2.45, 2.75) is 17.9 Å². The third kappa shape index (κ3) is 3.90. The summed E-state index contributed by atoms with van der Waals surface area (Å²) in [6, 6.07) is 18.3. The van der Waals surface area contributed by atoms with Gasteiger partial charge in [0.15, 0.2) is 5.82 Å². The zero-order chi connectivity index (χ0) is 16.1. The number of nitrogens with zero attached hydrogens (tertiary/aromatic N) is 3. The quantitative estimate of drug-likeness (QED) is 0.333. The fourth-order valence-corrected chi connectivity index (χ4v) is 3.43. The summed E-state index contributed by atoms with van der Waals surface area (Å²) in [5, 5.41) is 10.7. The van der Waals surface area contributed by atoms with Gasteiger partial charge in [-0.1, -0.05) is 46.3 Å². The van der Waals surface area contributed by atoms with E-state index in [1.54, 1.807) is 11.8 Å². The molecular formula is C18H14BrN3S. The summed E-state index contributed by atoms with van der Waals surface area (Å²) in [6.45, 7) is 0. The summed E-state index contributed by atoms with van der Waals surface area (Å²) in [7, 11) is 0. The van der Waals surface area contributed by atoms with Gasteiger partial charge in [0.2, 0.25) is 0 Å². The summed E-state index contributed by atoms with van der Waals surface area (Å²) in [6.07, 6.45) is 1.45. The fourth-order valence-electron chi connectivity index (χ4n) is 2.21. The molecule has 3 nitrogen and oxygen atoms in total. The first-order valence-corrected chi connectivity index (χ1v) is 9.08. The molecule has 5 heteroatoms. The van der Waals surface area contributed by atoms with Crippen molar-refractivity contribution in [3.8, 4) is 17.5 Å². The van der Waals surface area contributed by atoms with Crippen LogP contribution in [0.3, 0.4) is 0 Å². The van der Waals surface area contributed by atoms with Crippen LogP contribution in [0.4, 0.5) is 0 Å². The Balaban J connectivity index is 1.99. The van der Waals surface area contributed by atoms with Crippen LogP contribution in [0, 0.1) is 11.3 Å². The molecule has 0 spiro atoms. The van der Waals surface area contributed by atoms with Crippen LogP contribution >= 0.6 is 27.7 Å². The molecular weight excluding hydrogens is 370 g/mol. The summed E-state index contributed by atoms with van der Waals surface area (Å²) >= 11 is 5.14. The Bertz CT molecular complexity index is 856. The van der Waals surface area contributed by atoms with Gasteiger partial charge in [-0.15, -0.1) is 11.8 Å². The first-order valence-electron chi connectivity index (χ1n) is 7.30. The maximum Gasteiger partial charge on any atom is 0.161 e. The van der Waals surface area contributed by atoms with E-state index >= 15 is 0 Å². The van der Waals surface area contributed by atoms with Crippen LogP contribution in [0.5, 0.6) is 0 Å². The molecule has 0 amide bonds. The van der Waals surface area contributed by atoms with Gasteiger partial charge in [0.25, 0.3) is 0 Å². The van der Waals surface area contributed by atoms with Crippen molar-refractivity contribution in [1.29, 1.82) is 5.26 Å². The number of benzene rings is 2.